The van der Waals surface area contributed by atoms with E-state index in [-0.39, 0.29) is 16.9 Å². The Morgan fingerprint density at radius 3 is 2.38 bits per heavy atom. The van der Waals surface area contributed by atoms with Crippen molar-refractivity contribution < 1.29 is 28.6 Å². The molecule has 1 unspecified atom stereocenters. The fraction of sp³-hybridized carbons (Fsp3) is 0.267. The second-order valence-corrected chi connectivity index (χ2v) is 4.24. The van der Waals surface area contributed by atoms with Crippen LogP contribution in [0.25, 0.3) is 0 Å². The van der Waals surface area contributed by atoms with Crippen LogP contribution >= 0.6 is 0 Å². The van der Waals surface area contributed by atoms with E-state index < -0.39 is 24.0 Å². The van der Waals surface area contributed by atoms with Gasteiger partial charge >= 0.3 is 17.9 Å². The molecule has 1 aromatic carbocycles. The van der Waals surface area contributed by atoms with Gasteiger partial charge in [0.15, 0.2) is 6.10 Å². The summed E-state index contributed by atoms with van der Waals surface area (Å²) in [6, 6.07) is 6.10. The molecule has 0 aliphatic carbocycles. The highest BCUT2D eigenvalue weighted by atomic mass is 16.6. The van der Waals surface area contributed by atoms with Gasteiger partial charge in [0, 0.05) is 5.57 Å². The molecule has 0 amide bonds. The first-order chi connectivity index (χ1) is 9.86. The standard InChI is InChI=1S/C15H16O6/c1-9(2)13(16)20-10(3)14(17)21-12-8-6-5-7-11(12)15(18)19-4/h5-8,10H,1H2,2-4H3. The molecule has 1 aromatic rings. The highest BCUT2D eigenvalue weighted by Gasteiger charge is 2.22. The zero-order valence-corrected chi connectivity index (χ0v) is 12.0. The van der Waals surface area contributed by atoms with Crippen LogP contribution in [0, 0.1) is 0 Å². The number of esters is 3. The van der Waals surface area contributed by atoms with Gasteiger partial charge in [0.1, 0.15) is 11.3 Å². The van der Waals surface area contributed by atoms with E-state index in [0.717, 1.165) is 0 Å². The lowest BCUT2D eigenvalue weighted by Crippen LogP contribution is -2.29. The summed E-state index contributed by atoms with van der Waals surface area (Å²) in [7, 11) is 1.22. The highest BCUT2D eigenvalue weighted by Crippen LogP contribution is 2.19. The summed E-state index contributed by atoms with van der Waals surface area (Å²) in [6.07, 6.45) is -1.13. The molecule has 6 nitrogen and oxygen atoms in total. The third-order valence-electron chi connectivity index (χ3n) is 2.47. The van der Waals surface area contributed by atoms with Gasteiger partial charge in [-0.3, -0.25) is 0 Å². The number of hydrogen-bond donors (Lipinski definition) is 0. The van der Waals surface area contributed by atoms with Crippen molar-refractivity contribution in [2.45, 2.75) is 20.0 Å². The molecule has 0 aromatic heterocycles. The van der Waals surface area contributed by atoms with Crippen LogP contribution in [0.5, 0.6) is 5.75 Å². The van der Waals surface area contributed by atoms with Crippen LogP contribution < -0.4 is 4.74 Å². The Bertz CT molecular complexity index is 575. The third kappa shape index (κ3) is 4.45. The van der Waals surface area contributed by atoms with E-state index in [9.17, 15) is 14.4 Å². The normalized spacial score (nSPS) is 11.2. The first-order valence-electron chi connectivity index (χ1n) is 6.12. The van der Waals surface area contributed by atoms with Crippen LogP contribution in [0.4, 0.5) is 0 Å². The van der Waals surface area contributed by atoms with Crippen LogP contribution in [0.3, 0.4) is 0 Å². The second-order valence-electron chi connectivity index (χ2n) is 4.24. The van der Waals surface area contributed by atoms with Gasteiger partial charge in [0.25, 0.3) is 0 Å². The SMILES string of the molecule is C=C(C)C(=O)OC(C)C(=O)Oc1ccccc1C(=O)OC. The summed E-state index contributed by atoms with van der Waals surface area (Å²) in [5.41, 5.74) is 0.274. The molecular weight excluding hydrogens is 276 g/mol. The minimum atomic E-state index is -1.13. The minimum Gasteiger partial charge on any atom is -0.465 e. The molecule has 0 saturated carbocycles. The summed E-state index contributed by atoms with van der Waals surface area (Å²) >= 11 is 0. The fourth-order valence-corrected chi connectivity index (χ4v) is 1.33. The Hall–Kier alpha value is -2.63. The van der Waals surface area contributed by atoms with E-state index >= 15 is 0 Å². The minimum absolute atomic E-state index is 0.0348. The molecule has 0 N–H and O–H groups in total. The summed E-state index contributed by atoms with van der Waals surface area (Å²) in [5.74, 6) is -2.10. The zero-order valence-electron chi connectivity index (χ0n) is 12.0. The van der Waals surface area contributed by atoms with Crippen LogP contribution in [0.2, 0.25) is 0 Å². The number of carbonyl (C=O) groups is 3. The number of methoxy groups -OCH3 is 1. The van der Waals surface area contributed by atoms with Crippen LogP contribution in [-0.2, 0) is 19.1 Å². The monoisotopic (exact) mass is 292 g/mol. The van der Waals surface area contributed by atoms with Crippen molar-refractivity contribution in [1.82, 2.24) is 0 Å². The van der Waals surface area contributed by atoms with Gasteiger partial charge in [0.05, 0.1) is 7.11 Å². The van der Waals surface area contributed by atoms with Gasteiger partial charge in [-0.1, -0.05) is 18.7 Å². The predicted octanol–water partition coefficient (Wildman–Crippen LogP) is 1.89. The van der Waals surface area contributed by atoms with Crippen molar-refractivity contribution in [3.63, 3.8) is 0 Å². The number of rotatable bonds is 5. The first-order valence-corrected chi connectivity index (χ1v) is 6.12. The molecule has 0 saturated heterocycles. The quantitative estimate of drug-likeness (QED) is 0.468. The van der Waals surface area contributed by atoms with Crippen molar-refractivity contribution in [2.24, 2.45) is 0 Å². The van der Waals surface area contributed by atoms with Crippen LogP contribution in [0.15, 0.2) is 36.4 Å². The van der Waals surface area contributed by atoms with E-state index in [4.69, 9.17) is 9.47 Å². The molecule has 0 radical (unpaired) electrons. The number of ether oxygens (including phenoxy) is 3. The zero-order chi connectivity index (χ0) is 16.0. The first kappa shape index (κ1) is 16.4. The molecule has 21 heavy (non-hydrogen) atoms. The van der Waals surface area contributed by atoms with E-state index in [0.29, 0.717) is 0 Å². The summed E-state index contributed by atoms with van der Waals surface area (Å²) in [5, 5.41) is 0. The summed E-state index contributed by atoms with van der Waals surface area (Å²) in [6.45, 7) is 6.24. The van der Waals surface area contributed by atoms with Crippen molar-refractivity contribution in [3.05, 3.63) is 42.0 Å². The van der Waals surface area contributed by atoms with Gasteiger partial charge in [-0.15, -0.1) is 0 Å². The molecule has 1 rings (SSSR count). The maximum Gasteiger partial charge on any atom is 0.352 e. The van der Waals surface area contributed by atoms with Crippen LogP contribution in [0.1, 0.15) is 24.2 Å². The largest absolute Gasteiger partial charge is 0.465 e. The van der Waals surface area contributed by atoms with Gasteiger partial charge in [0.2, 0.25) is 0 Å². The Labute approximate surface area is 122 Å². The highest BCUT2D eigenvalue weighted by molar-refractivity contribution is 5.94. The Morgan fingerprint density at radius 1 is 1.19 bits per heavy atom. The maximum atomic E-state index is 11.9. The topological polar surface area (TPSA) is 78.9 Å². The number of hydrogen-bond acceptors (Lipinski definition) is 6. The molecule has 0 fully saturated rings. The van der Waals surface area contributed by atoms with Crippen molar-refractivity contribution in [3.8, 4) is 5.75 Å². The second kappa shape index (κ2) is 7.23. The molecular formula is C15H16O6. The fourth-order valence-electron chi connectivity index (χ4n) is 1.33. The van der Waals surface area contributed by atoms with Crippen molar-refractivity contribution in [2.75, 3.05) is 7.11 Å². The molecule has 0 aliphatic rings. The number of benzene rings is 1. The van der Waals surface area contributed by atoms with E-state index in [1.165, 1.54) is 33.1 Å². The average Bonchev–Trinajstić information content (AvgIpc) is 2.46. The van der Waals surface area contributed by atoms with Gasteiger partial charge in [-0.05, 0) is 26.0 Å². The third-order valence-corrected chi connectivity index (χ3v) is 2.47. The van der Waals surface area contributed by atoms with Crippen LogP contribution in [-0.4, -0.2) is 31.1 Å². The number of para-hydroxylation sites is 1. The summed E-state index contributed by atoms with van der Waals surface area (Å²) in [4.78, 5) is 34.7. The number of carbonyl (C=O) groups excluding carboxylic acids is 3. The molecule has 1 atom stereocenters. The molecule has 0 aliphatic heterocycles. The Kier molecular flexibility index (Phi) is 5.66. The van der Waals surface area contributed by atoms with Crippen molar-refractivity contribution in [1.29, 1.82) is 0 Å². The van der Waals surface area contributed by atoms with Crippen molar-refractivity contribution >= 4 is 17.9 Å². The van der Waals surface area contributed by atoms with Gasteiger partial charge < -0.3 is 14.2 Å². The van der Waals surface area contributed by atoms with E-state index in [1.54, 1.807) is 12.1 Å². The van der Waals surface area contributed by atoms with E-state index in [2.05, 4.69) is 11.3 Å². The van der Waals surface area contributed by atoms with Gasteiger partial charge in [-0.25, -0.2) is 14.4 Å². The lowest BCUT2D eigenvalue weighted by Gasteiger charge is -2.13. The molecule has 6 heteroatoms. The molecule has 112 valence electrons. The summed E-state index contributed by atoms with van der Waals surface area (Å²) < 4.78 is 14.5. The lowest BCUT2D eigenvalue weighted by atomic mass is 10.2. The molecule has 0 spiro atoms. The molecule has 0 heterocycles. The molecule has 0 bridgehead atoms. The van der Waals surface area contributed by atoms with Gasteiger partial charge in [-0.2, -0.15) is 0 Å². The smallest absolute Gasteiger partial charge is 0.352 e. The van der Waals surface area contributed by atoms with E-state index in [1.807, 2.05) is 0 Å². The Morgan fingerprint density at radius 2 is 1.81 bits per heavy atom. The predicted molar refractivity (Wildman–Crippen MR) is 73.8 cm³/mol. The average molecular weight is 292 g/mol. The maximum absolute atomic E-state index is 11.9. The lowest BCUT2D eigenvalue weighted by molar-refractivity contribution is -0.158. The Balaban J connectivity index is 2.82.